The molecule has 0 aliphatic carbocycles. The van der Waals surface area contributed by atoms with Crippen molar-refractivity contribution < 1.29 is 60.4 Å². The van der Waals surface area contributed by atoms with E-state index in [1.807, 2.05) is 35.2 Å². The number of pyridine rings is 2. The molecule has 0 aromatic carbocycles. The molecule has 1 spiro atoms. The summed E-state index contributed by atoms with van der Waals surface area (Å²) in [6, 6.07) is 11.0. The van der Waals surface area contributed by atoms with E-state index < -0.39 is 24.3 Å². The molecule has 16 heteroatoms. The Bertz CT molecular complexity index is 1060. The summed E-state index contributed by atoms with van der Waals surface area (Å²) in [5.74, 6) is -4.94. The second-order valence-electron chi connectivity index (χ2n) is 7.90. The Labute approximate surface area is 210 Å². The van der Waals surface area contributed by atoms with Crippen LogP contribution in [0.4, 0.5) is 26.3 Å². The summed E-state index contributed by atoms with van der Waals surface area (Å²) in [7, 11) is 0. The molecule has 4 rings (SSSR count). The molecule has 10 nitrogen and oxygen atoms in total. The highest BCUT2D eigenvalue weighted by Crippen LogP contribution is 2.36. The number of carbonyl (C=O) groups is 3. The molecule has 0 saturated carbocycles. The van der Waals surface area contributed by atoms with Gasteiger partial charge in [0.25, 0.3) is 5.91 Å². The molecule has 2 aromatic heterocycles. The molecule has 0 radical (unpaired) electrons. The van der Waals surface area contributed by atoms with Gasteiger partial charge in [-0.25, -0.2) is 14.6 Å². The molecule has 2 aromatic rings. The first kappa shape index (κ1) is 30.3. The van der Waals surface area contributed by atoms with Gasteiger partial charge < -0.3 is 24.6 Å². The summed E-state index contributed by atoms with van der Waals surface area (Å²) in [6.45, 7) is 1.80. The fourth-order valence-corrected chi connectivity index (χ4v) is 3.42. The second-order valence-corrected chi connectivity index (χ2v) is 7.90. The Morgan fingerprint density at radius 2 is 1.50 bits per heavy atom. The lowest BCUT2D eigenvalue weighted by Gasteiger charge is -2.23. The maximum Gasteiger partial charge on any atom is 0.490 e. The summed E-state index contributed by atoms with van der Waals surface area (Å²) in [6.07, 6.45) is -5.24. The number of nitrogens with zero attached hydrogens (tertiary/aromatic N) is 3. The van der Waals surface area contributed by atoms with Crippen LogP contribution in [0.2, 0.25) is 0 Å². The van der Waals surface area contributed by atoms with Gasteiger partial charge in [0, 0.05) is 31.4 Å². The average Bonchev–Trinajstić information content (AvgIpc) is 3.45. The van der Waals surface area contributed by atoms with Crippen molar-refractivity contribution in [1.29, 1.82) is 0 Å². The number of amides is 1. The van der Waals surface area contributed by atoms with Crippen LogP contribution in [0.5, 0.6) is 5.88 Å². The minimum atomic E-state index is -5.08. The van der Waals surface area contributed by atoms with Crippen LogP contribution in [0.15, 0.2) is 48.8 Å². The molecule has 2 fully saturated rings. The van der Waals surface area contributed by atoms with Gasteiger partial charge in [-0.3, -0.25) is 9.78 Å². The number of hydrogen-bond acceptors (Lipinski definition) is 7. The lowest BCUT2D eigenvalue weighted by Crippen LogP contribution is -2.36. The number of carboxylic acids is 2. The van der Waals surface area contributed by atoms with Crippen LogP contribution in [0, 0.1) is 0 Å². The molecule has 2 saturated heterocycles. The molecule has 0 unspecified atom stereocenters. The zero-order valence-corrected chi connectivity index (χ0v) is 19.3. The van der Waals surface area contributed by atoms with E-state index in [0.29, 0.717) is 31.3 Å². The van der Waals surface area contributed by atoms with Crippen molar-refractivity contribution in [1.82, 2.24) is 14.9 Å². The number of likely N-dealkylation sites (tertiary alicyclic amines) is 1. The van der Waals surface area contributed by atoms with Gasteiger partial charge >= 0.3 is 24.3 Å². The van der Waals surface area contributed by atoms with E-state index in [0.717, 1.165) is 12.8 Å². The summed E-state index contributed by atoms with van der Waals surface area (Å²) in [4.78, 5) is 40.5. The average molecular weight is 553 g/mol. The van der Waals surface area contributed by atoms with E-state index in [9.17, 15) is 31.1 Å². The summed E-state index contributed by atoms with van der Waals surface area (Å²) in [5.41, 5.74) is 0.179. The second kappa shape index (κ2) is 12.5. The maximum atomic E-state index is 12.5. The van der Waals surface area contributed by atoms with E-state index in [4.69, 9.17) is 29.3 Å². The lowest BCUT2D eigenvalue weighted by molar-refractivity contribution is -0.193. The third-order valence-corrected chi connectivity index (χ3v) is 5.07. The number of alkyl halides is 6. The van der Waals surface area contributed by atoms with Crippen LogP contribution in [0.3, 0.4) is 0 Å². The number of carboxylic acid groups (broad SMARTS) is 2. The Balaban J connectivity index is 0.000000301. The van der Waals surface area contributed by atoms with Gasteiger partial charge in [-0.15, -0.1) is 0 Å². The fraction of sp³-hybridized carbons (Fsp3) is 0.409. The van der Waals surface area contributed by atoms with Crippen LogP contribution in [-0.2, 0) is 14.3 Å². The van der Waals surface area contributed by atoms with Crippen molar-refractivity contribution in [3.05, 3.63) is 54.5 Å². The van der Waals surface area contributed by atoms with Gasteiger partial charge in [-0.2, -0.15) is 26.3 Å². The molecule has 2 aliphatic heterocycles. The van der Waals surface area contributed by atoms with Gasteiger partial charge in [0.2, 0.25) is 5.88 Å². The van der Waals surface area contributed by atoms with Gasteiger partial charge in [0.05, 0.1) is 18.8 Å². The highest BCUT2D eigenvalue weighted by atomic mass is 19.4. The number of aromatic nitrogens is 2. The van der Waals surface area contributed by atoms with Crippen LogP contribution >= 0.6 is 0 Å². The van der Waals surface area contributed by atoms with Gasteiger partial charge in [-0.1, -0.05) is 12.1 Å². The van der Waals surface area contributed by atoms with Crippen molar-refractivity contribution in [2.24, 2.45) is 0 Å². The molecular weight excluding hydrogens is 532 g/mol. The van der Waals surface area contributed by atoms with Crippen molar-refractivity contribution >= 4 is 17.8 Å². The number of halogens is 6. The van der Waals surface area contributed by atoms with Crippen molar-refractivity contribution in [3.63, 3.8) is 0 Å². The zero-order valence-electron chi connectivity index (χ0n) is 19.3. The molecule has 2 aliphatic rings. The molecule has 38 heavy (non-hydrogen) atoms. The first-order valence-electron chi connectivity index (χ1n) is 10.7. The van der Waals surface area contributed by atoms with E-state index >= 15 is 0 Å². The van der Waals surface area contributed by atoms with Crippen LogP contribution in [0.1, 0.15) is 23.3 Å². The third-order valence-electron chi connectivity index (χ3n) is 5.07. The Morgan fingerprint density at radius 3 is 1.97 bits per heavy atom. The Morgan fingerprint density at radius 1 is 0.947 bits per heavy atom. The highest BCUT2D eigenvalue weighted by Gasteiger charge is 2.48. The normalized spacial score (nSPS) is 20.6. The Kier molecular flexibility index (Phi) is 9.98. The van der Waals surface area contributed by atoms with Crippen molar-refractivity contribution in [2.45, 2.75) is 36.9 Å². The Hall–Kier alpha value is -3.95. The smallest absolute Gasteiger partial charge is 0.475 e. The quantitative estimate of drug-likeness (QED) is 0.549. The maximum absolute atomic E-state index is 12.5. The van der Waals surface area contributed by atoms with Gasteiger partial charge in [0.1, 0.15) is 11.8 Å². The van der Waals surface area contributed by atoms with Gasteiger partial charge in [-0.05, 0) is 24.6 Å². The van der Waals surface area contributed by atoms with Crippen molar-refractivity contribution in [2.75, 3.05) is 19.7 Å². The SMILES string of the molecule is O=C(O)C(F)(F)F.O=C(O)C(F)(F)F.O=C(c1ccccn1)N1CC[C@]2(C[C@@H](Oc3ccccn3)CO2)C1. The number of carbonyl (C=O) groups excluding carboxylic acids is 1. The first-order chi connectivity index (χ1) is 17.6. The molecule has 2 N–H and O–H groups in total. The van der Waals surface area contributed by atoms with Gasteiger partial charge in [0.15, 0.2) is 0 Å². The highest BCUT2D eigenvalue weighted by molar-refractivity contribution is 5.92. The lowest BCUT2D eigenvalue weighted by atomic mass is 9.98. The standard InChI is InChI=1S/C18H19N3O3.2C2HF3O2/c22-17(15-5-1-3-8-19-15)21-10-7-18(13-21)11-14(12-23-18)24-16-6-2-4-9-20-16;2*3-2(4,5)1(6)7/h1-6,8-9,14H,7,10-13H2;2*(H,6,7)/t14-,18+;;/m1../s1. The monoisotopic (exact) mass is 553 g/mol. The van der Waals surface area contributed by atoms with Crippen LogP contribution in [0.25, 0.3) is 0 Å². The van der Waals surface area contributed by atoms with Crippen LogP contribution in [-0.4, -0.2) is 86.7 Å². The number of rotatable bonds is 3. The predicted octanol–water partition coefficient (Wildman–Crippen LogP) is 3.20. The summed E-state index contributed by atoms with van der Waals surface area (Å²) < 4.78 is 75.4. The van der Waals surface area contributed by atoms with Crippen LogP contribution < -0.4 is 4.74 Å². The van der Waals surface area contributed by atoms with Crippen molar-refractivity contribution in [3.8, 4) is 5.88 Å². The molecule has 208 valence electrons. The number of hydrogen-bond donors (Lipinski definition) is 2. The van der Waals surface area contributed by atoms with E-state index in [-0.39, 0.29) is 17.6 Å². The minimum Gasteiger partial charge on any atom is -0.475 e. The third kappa shape index (κ3) is 9.17. The summed E-state index contributed by atoms with van der Waals surface area (Å²) >= 11 is 0. The van der Waals surface area contributed by atoms with E-state index in [1.54, 1.807) is 18.5 Å². The van der Waals surface area contributed by atoms with E-state index in [1.165, 1.54) is 0 Å². The molecular formula is C22H21F6N3O7. The number of aliphatic carboxylic acids is 2. The predicted molar refractivity (Wildman–Crippen MR) is 114 cm³/mol. The largest absolute Gasteiger partial charge is 0.490 e. The minimum absolute atomic E-state index is 0.0233. The molecule has 1 amide bonds. The first-order valence-corrected chi connectivity index (χ1v) is 10.7. The molecule has 4 heterocycles. The number of ether oxygens (including phenoxy) is 2. The topological polar surface area (TPSA) is 139 Å². The molecule has 0 bridgehead atoms. The summed E-state index contributed by atoms with van der Waals surface area (Å²) in [5, 5.41) is 14.2. The van der Waals surface area contributed by atoms with E-state index in [2.05, 4.69) is 9.97 Å². The zero-order chi connectivity index (χ0) is 28.6. The molecule has 2 atom stereocenters. The fourth-order valence-electron chi connectivity index (χ4n) is 3.42.